The third-order valence-electron chi connectivity index (χ3n) is 12.5. The number of ether oxygens (including phenoxy) is 10. The van der Waals surface area contributed by atoms with Crippen LogP contribution in [0, 0.1) is 23.7 Å². The fourth-order valence-corrected chi connectivity index (χ4v) is 8.46. The normalized spacial score (nSPS) is 17.2. The number of nitrogens with zero attached hydrogens (tertiary/aromatic N) is 2. The van der Waals surface area contributed by atoms with E-state index in [9.17, 15) is 28.8 Å². The molecule has 3 aromatic carbocycles. The number of allylic oxidation sites excluding steroid dienone is 8. The second kappa shape index (κ2) is 32.9. The monoisotopic (exact) mass is 1090 g/mol. The Labute approximate surface area is 465 Å². The van der Waals surface area contributed by atoms with E-state index in [-0.39, 0.29) is 86.8 Å². The van der Waals surface area contributed by atoms with E-state index in [1.165, 1.54) is 0 Å². The zero-order valence-corrected chi connectivity index (χ0v) is 44.5. The molecule has 0 spiro atoms. The molecule has 3 aliphatic carbocycles. The van der Waals surface area contributed by atoms with Gasteiger partial charge >= 0.3 is 35.8 Å². The first-order chi connectivity index (χ1) is 39.0. The molecule has 80 heavy (non-hydrogen) atoms. The lowest BCUT2D eigenvalue weighted by Gasteiger charge is -2.20. The van der Waals surface area contributed by atoms with Gasteiger partial charge in [-0.05, 0) is 104 Å². The third-order valence-corrected chi connectivity index (χ3v) is 12.5. The molecule has 0 bridgehead atoms. The van der Waals surface area contributed by atoms with Crippen molar-refractivity contribution >= 4 is 47.7 Å². The highest BCUT2D eigenvalue weighted by atomic mass is 16.6. The van der Waals surface area contributed by atoms with Crippen molar-refractivity contribution in [3.8, 4) is 17.2 Å². The molecule has 18 heteroatoms. The van der Waals surface area contributed by atoms with Crippen LogP contribution < -0.4 is 14.2 Å². The predicted molar refractivity (Wildman–Crippen MR) is 297 cm³/mol. The molecule has 18 nitrogen and oxygen atoms in total. The Morgan fingerprint density at radius 1 is 0.512 bits per heavy atom. The van der Waals surface area contributed by atoms with Crippen LogP contribution in [-0.2, 0) is 58.8 Å². The lowest BCUT2D eigenvalue weighted by Crippen LogP contribution is -2.29. The molecule has 0 saturated heterocycles. The zero-order valence-electron chi connectivity index (χ0n) is 44.5. The average Bonchev–Trinajstić information content (AvgIpc) is 3.84. The number of carbonyl (C=O) groups is 6. The molecule has 0 aliphatic heterocycles. The van der Waals surface area contributed by atoms with Crippen molar-refractivity contribution in [3.05, 3.63) is 188 Å². The first kappa shape index (κ1) is 60.5. The molecular formula is C62H66N2O16. The number of carbonyl (C=O) groups excluding carboxylic acids is 6. The van der Waals surface area contributed by atoms with E-state index < -0.39 is 48.0 Å². The minimum atomic E-state index is -0.768. The number of hydrogen-bond acceptors (Lipinski definition) is 18. The molecule has 0 amide bonds. The highest BCUT2D eigenvalue weighted by Gasteiger charge is 2.45. The van der Waals surface area contributed by atoms with Crippen molar-refractivity contribution in [2.24, 2.45) is 33.9 Å². The van der Waals surface area contributed by atoms with Gasteiger partial charge in [-0.25, -0.2) is 28.8 Å². The molecular weight excluding hydrogens is 1030 g/mol. The summed E-state index contributed by atoms with van der Waals surface area (Å²) in [6.07, 6.45) is 23.9. The predicted octanol–water partition coefficient (Wildman–Crippen LogP) is 8.82. The lowest BCUT2D eigenvalue weighted by atomic mass is 9.83. The Balaban J connectivity index is 1.06. The highest BCUT2D eigenvalue weighted by Crippen LogP contribution is 2.45. The number of unbranched alkanes of at least 4 members (excludes halogenated alkanes) is 2. The molecule has 3 aromatic rings. The summed E-state index contributed by atoms with van der Waals surface area (Å²) in [5.74, 6) is -1.81. The van der Waals surface area contributed by atoms with Gasteiger partial charge in [-0.3, -0.25) is 0 Å². The maximum absolute atomic E-state index is 13.7. The molecule has 0 radical (unpaired) electrons. The summed E-state index contributed by atoms with van der Waals surface area (Å²) in [5, 5.41) is 9.33. The largest absolute Gasteiger partial charge is 0.490 e. The summed E-state index contributed by atoms with van der Waals surface area (Å²) in [6, 6.07) is 17.8. The molecule has 420 valence electrons. The van der Waals surface area contributed by atoms with Gasteiger partial charge in [0, 0.05) is 61.3 Å². The van der Waals surface area contributed by atoms with Gasteiger partial charge in [-0.2, -0.15) is 10.2 Å². The van der Waals surface area contributed by atoms with Gasteiger partial charge in [0.1, 0.15) is 30.5 Å². The van der Waals surface area contributed by atoms with Gasteiger partial charge in [-0.1, -0.05) is 81.0 Å². The Bertz CT molecular complexity index is 2790. The van der Waals surface area contributed by atoms with E-state index in [1.54, 1.807) is 72.9 Å². The van der Waals surface area contributed by atoms with Crippen LogP contribution in [0.5, 0.6) is 17.2 Å². The molecule has 1 saturated carbocycles. The van der Waals surface area contributed by atoms with Crippen LogP contribution >= 0.6 is 0 Å². The van der Waals surface area contributed by atoms with E-state index >= 15 is 0 Å². The van der Waals surface area contributed by atoms with E-state index in [1.807, 2.05) is 12.2 Å². The van der Waals surface area contributed by atoms with Crippen LogP contribution in [0.4, 0.5) is 0 Å². The summed E-state index contributed by atoms with van der Waals surface area (Å²) in [5.41, 5.74) is 2.66. The summed E-state index contributed by atoms with van der Waals surface area (Å²) in [6.45, 7) is 14.8. The smallest absolute Gasteiger partial charge is 0.343 e. The van der Waals surface area contributed by atoms with Crippen LogP contribution in [0.3, 0.4) is 0 Å². The van der Waals surface area contributed by atoms with Crippen molar-refractivity contribution in [1.29, 1.82) is 0 Å². The number of fused-ring (bicyclic) bond motifs is 3. The average molecular weight is 1100 g/mol. The summed E-state index contributed by atoms with van der Waals surface area (Å²) >= 11 is 0. The molecule has 0 N–H and O–H groups in total. The SMILES string of the molecule is C=CC(=O)OCCCCOCC(COc1ccc(C(=O)OCCc2ccc(OC(=O)c3ccc(OCC(COCCCCOC(=O)C=C)OC(=O)C=C)cc3)c(/C=N/N=C3C4C=CC=CC4C4C=CC=CC34)c2)cc1)OC(=O)C=C. The maximum Gasteiger partial charge on any atom is 0.343 e. The quantitative estimate of drug-likeness (QED) is 0.0104. The summed E-state index contributed by atoms with van der Waals surface area (Å²) < 4.78 is 55.4. The van der Waals surface area contributed by atoms with Gasteiger partial charge in [0.05, 0.1) is 56.1 Å². The molecule has 6 atom stereocenters. The van der Waals surface area contributed by atoms with E-state index in [0.717, 1.165) is 35.6 Å². The van der Waals surface area contributed by atoms with Gasteiger partial charge in [0.25, 0.3) is 0 Å². The fourth-order valence-electron chi connectivity index (χ4n) is 8.46. The topological polar surface area (TPSA) is 219 Å². The third kappa shape index (κ3) is 19.6. The Morgan fingerprint density at radius 3 is 1.49 bits per heavy atom. The Hall–Kier alpha value is -8.74. The summed E-state index contributed by atoms with van der Waals surface area (Å²) in [4.78, 5) is 73.3. The molecule has 1 fully saturated rings. The fraction of sp³-hybridized carbons (Fsp3) is 0.323. The van der Waals surface area contributed by atoms with Gasteiger partial charge in [0.2, 0.25) is 0 Å². The molecule has 0 aromatic heterocycles. The second-order valence-electron chi connectivity index (χ2n) is 18.2. The minimum absolute atomic E-state index is 0.0206. The highest BCUT2D eigenvalue weighted by molar-refractivity contribution is 5.97. The Morgan fingerprint density at radius 2 is 0.988 bits per heavy atom. The van der Waals surface area contributed by atoms with Gasteiger partial charge in [0.15, 0.2) is 12.2 Å². The van der Waals surface area contributed by atoms with E-state index in [0.29, 0.717) is 62.4 Å². The number of rotatable bonds is 34. The molecule has 6 rings (SSSR count). The van der Waals surface area contributed by atoms with Crippen LogP contribution in [-0.4, -0.2) is 119 Å². The number of benzene rings is 3. The van der Waals surface area contributed by atoms with Crippen molar-refractivity contribution < 1.29 is 76.1 Å². The van der Waals surface area contributed by atoms with Crippen LogP contribution in [0.25, 0.3) is 0 Å². The van der Waals surface area contributed by atoms with Gasteiger partial charge in [-0.15, -0.1) is 0 Å². The van der Waals surface area contributed by atoms with Crippen molar-refractivity contribution in [2.45, 2.75) is 44.3 Å². The maximum atomic E-state index is 13.7. The van der Waals surface area contributed by atoms with E-state index in [4.69, 9.17) is 52.5 Å². The van der Waals surface area contributed by atoms with Crippen molar-refractivity contribution in [3.63, 3.8) is 0 Å². The molecule has 6 unspecified atom stereocenters. The zero-order chi connectivity index (χ0) is 56.9. The van der Waals surface area contributed by atoms with Crippen molar-refractivity contribution in [2.75, 3.05) is 59.5 Å². The minimum Gasteiger partial charge on any atom is -0.490 e. The molecule has 0 heterocycles. The lowest BCUT2D eigenvalue weighted by molar-refractivity contribution is -0.148. The number of esters is 6. The van der Waals surface area contributed by atoms with Crippen molar-refractivity contribution in [1.82, 2.24) is 0 Å². The first-order valence-corrected chi connectivity index (χ1v) is 26.2. The first-order valence-electron chi connectivity index (χ1n) is 26.2. The van der Waals surface area contributed by atoms with Crippen LogP contribution in [0.2, 0.25) is 0 Å². The molecule has 3 aliphatic rings. The van der Waals surface area contributed by atoms with E-state index in [2.05, 4.69) is 67.9 Å². The Kier molecular flexibility index (Phi) is 24.9. The van der Waals surface area contributed by atoms with Crippen LogP contribution in [0.1, 0.15) is 57.5 Å². The van der Waals surface area contributed by atoms with Gasteiger partial charge < -0.3 is 47.4 Å². The number of hydrogen-bond donors (Lipinski definition) is 0. The standard InChI is InChI=1S/C62H66N2O16/c1-5-56(65)73-34-15-13-32-71-39-49(78-58(67)7-3)41-76-47-26-22-44(23-27-47)61(69)75-36-31-43-21-30-55(46(37-43)38-63-64-60-53-19-11-9-17-51(53)52-18-10-12-20-54(52)60)80-62(70)45-24-28-48(29-25-45)77-42-50(79-59(68)8-4)40-72-33-14-16-35-74-57(66)6-2/h5-12,17-30,37-38,49-54H,1-4,13-16,31-36,39-42H2/b63-38+,64-60?. The summed E-state index contributed by atoms with van der Waals surface area (Å²) in [7, 11) is 0. The van der Waals surface area contributed by atoms with Crippen LogP contribution in [0.15, 0.2) is 176 Å². The second-order valence-corrected chi connectivity index (χ2v) is 18.2.